The maximum Gasteiger partial charge on any atom is 0.183 e. The number of nitrogens with zero attached hydrogens (tertiary/aromatic N) is 1. The van der Waals surface area contributed by atoms with Gasteiger partial charge >= 0.3 is 0 Å². The first kappa shape index (κ1) is 11.7. The van der Waals surface area contributed by atoms with Crippen molar-refractivity contribution in [1.29, 1.82) is 0 Å². The molecule has 3 heteroatoms. The van der Waals surface area contributed by atoms with Gasteiger partial charge in [-0.25, -0.2) is 4.98 Å². The average Bonchev–Trinajstić information content (AvgIpc) is 2.91. The van der Waals surface area contributed by atoms with Crippen LogP contribution in [0.2, 0.25) is 0 Å². The summed E-state index contributed by atoms with van der Waals surface area (Å²) >= 11 is 1.65. The smallest absolute Gasteiger partial charge is 0.183 e. The van der Waals surface area contributed by atoms with Crippen molar-refractivity contribution in [2.45, 2.75) is 38.6 Å². The van der Waals surface area contributed by atoms with Crippen LogP contribution in [0.25, 0.3) is 0 Å². The van der Waals surface area contributed by atoms with Crippen molar-refractivity contribution in [3.8, 4) is 0 Å². The standard InChI is InChI=1S/C15H18N2S/c1-11(17-15-16-8-9-18-15)13-7-6-12-4-2-3-5-14(12)10-13/h6-11H,2-5H2,1H3,(H,16,17). The van der Waals surface area contributed by atoms with Gasteiger partial charge in [0.05, 0.1) is 6.04 Å². The normalized spacial score (nSPS) is 16.1. The molecule has 1 unspecified atom stereocenters. The highest BCUT2D eigenvalue weighted by atomic mass is 32.1. The van der Waals surface area contributed by atoms with Crippen LogP contribution in [-0.4, -0.2) is 4.98 Å². The van der Waals surface area contributed by atoms with E-state index in [1.54, 1.807) is 22.5 Å². The number of benzene rings is 1. The molecule has 1 heterocycles. The predicted molar refractivity (Wildman–Crippen MR) is 77.2 cm³/mol. The fourth-order valence-corrected chi connectivity index (χ4v) is 3.20. The summed E-state index contributed by atoms with van der Waals surface area (Å²) < 4.78 is 0. The number of nitrogens with one attached hydrogen (secondary N) is 1. The van der Waals surface area contributed by atoms with Gasteiger partial charge in [0.15, 0.2) is 5.13 Å². The van der Waals surface area contributed by atoms with Gasteiger partial charge in [0, 0.05) is 11.6 Å². The molecule has 1 atom stereocenters. The Labute approximate surface area is 112 Å². The molecule has 0 bridgehead atoms. The van der Waals surface area contributed by atoms with Crippen LogP contribution in [0, 0.1) is 0 Å². The molecule has 1 aliphatic rings. The van der Waals surface area contributed by atoms with Gasteiger partial charge in [-0.15, -0.1) is 11.3 Å². The van der Waals surface area contributed by atoms with E-state index in [4.69, 9.17) is 0 Å². The number of rotatable bonds is 3. The Balaban J connectivity index is 1.79. The number of anilines is 1. The lowest BCUT2D eigenvalue weighted by Gasteiger charge is -2.19. The summed E-state index contributed by atoms with van der Waals surface area (Å²) in [7, 11) is 0. The number of aryl methyl sites for hydroxylation is 2. The van der Waals surface area contributed by atoms with Gasteiger partial charge in [-0.1, -0.05) is 18.2 Å². The van der Waals surface area contributed by atoms with E-state index in [1.807, 2.05) is 11.6 Å². The van der Waals surface area contributed by atoms with Crippen LogP contribution >= 0.6 is 11.3 Å². The van der Waals surface area contributed by atoms with Gasteiger partial charge in [0.1, 0.15) is 0 Å². The summed E-state index contributed by atoms with van der Waals surface area (Å²) in [6, 6.07) is 7.27. The molecule has 18 heavy (non-hydrogen) atoms. The first-order chi connectivity index (χ1) is 8.83. The molecule has 1 N–H and O–H groups in total. The maximum atomic E-state index is 4.28. The Kier molecular flexibility index (Phi) is 3.33. The van der Waals surface area contributed by atoms with Crippen LogP contribution in [0.5, 0.6) is 0 Å². The highest BCUT2D eigenvalue weighted by molar-refractivity contribution is 7.13. The third-order valence-corrected chi connectivity index (χ3v) is 4.35. The minimum atomic E-state index is 0.323. The summed E-state index contributed by atoms with van der Waals surface area (Å²) in [6.45, 7) is 2.20. The lowest BCUT2D eigenvalue weighted by molar-refractivity contribution is 0.683. The molecule has 0 saturated carbocycles. The van der Waals surface area contributed by atoms with E-state index in [-0.39, 0.29) is 0 Å². The predicted octanol–water partition coefficient (Wildman–Crippen LogP) is 4.20. The Bertz CT molecular complexity index is 519. The zero-order valence-corrected chi connectivity index (χ0v) is 11.5. The van der Waals surface area contributed by atoms with E-state index in [2.05, 4.69) is 35.4 Å². The van der Waals surface area contributed by atoms with E-state index in [9.17, 15) is 0 Å². The lowest BCUT2D eigenvalue weighted by Crippen LogP contribution is -2.09. The van der Waals surface area contributed by atoms with E-state index in [0.29, 0.717) is 6.04 Å². The summed E-state index contributed by atoms with van der Waals surface area (Å²) in [5, 5.41) is 6.45. The van der Waals surface area contributed by atoms with E-state index in [1.165, 1.54) is 31.2 Å². The van der Waals surface area contributed by atoms with Gasteiger partial charge in [-0.2, -0.15) is 0 Å². The monoisotopic (exact) mass is 258 g/mol. The minimum Gasteiger partial charge on any atom is -0.355 e. The van der Waals surface area contributed by atoms with Crippen LogP contribution in [0.1, 0.15) is 42.5 Å². The quantitative estimate of drug-likeness (QED) is 0.892. The molecule has 0 aliphatic heterocycles. The second kappa shape index (κ2) is 5.11. The van der Waals surface area contributed by atoms with E-state index in [0.717, 1.165) is 5.13 Å². The van der Waals surface area contributed by atoms with E-state index >= 15 is 0 Å². The van der Waals surface area contributed by atoms with Crippen LogP contribution in [0.15, 0.2) is 29.8 Å². The number of hydrogen-bond donors (Lipinski definition) is 1. The molecule has 0 spiro atoms. The molecule has 0 saturated heterocycles. The van der Waals surface area contributed by atoms with Gasteiger partial charge in [-0.05, 0) is 49.3 Å². The summed E-state index contributed by atoms with van der Waals surface area (Å²) in [4.78, 5) is 4.28. The third-order valence-electron chi connectivity index (χ3n) is 3.64. The van der Waals surface area contributed by atoms with Crippen molar-refractivity contribution in [3.63, 3.8) is 0 Å². The zero-order chi connectivity index (χ0) is 12.4. The molecular formula is C15H18N2S. The van der Waals surface area contributed by atoms with Crippen molar-refractivity contribution in [2.75, 3.05) is 5.32 Å². The molecule has 2 aromatic rings. The summed E-state index contributed by atoms with van der Waals surface area (Å²) in [6.07, 6.45) is 7.02. The fourth-order valence-electron chi connectivity index (χ4n) is 2.59. The number of thiazole rings is 1. The summed E-state index contributed by atoms with van der Waals surface area (Å²) in [5.41, 5.74) is 4.46. The van der Waals surface area contributed by atoms with Crippen LogP contribution in [0.4, 0.5) is 5.13 Å². The average molecular weight is 258 g/mol. The number of fused-ring (bicyclic) bond motifs is 1. The molecule has 94 valence electrons. The highest BCUT2D eigenvalue weighted by Gasteiger charge is 2.12. The Morgan fingerprint density at radius 2 is 2.06 bits per heavy atom. The summed E-state index contributed by atoms with van der Waals surface area (Å²) in [5.74, 6) is 0. The fraction of sp³-hybridized carbons (Fsp3) is 0.400. The lowest BCUT2D eigenvalue weighted by atomic mass is 9.89. The number of hydrogen-bond acceptors (Lipinski definition) is 3. The second-order valence-corrected chi connectivity index (χ2v) is 5.83. The van der Waals surface area contributed by atoms with Crippen molar-refractivity contribution < 1.29 is 0 Å². The first-order valence-corrected chi connectivity index (χ1v) is 7.48. The first-order valence-electron chi connectivity index (χ1n) is 6.60. The van der Waals surface area contributed by atoms with Gasteiger partial charge < -0.3 is 5.32 Å². The van der Waals surface area contributed by atoms with Crippen LogP contribution < -0.4 is 5.32 Å². The van der Waals surface area contributed by atoms with Crippen LogP contribution in [0.3, 0.4) is 0 Å². The largest absolute Gasteiger partial charge is 0.355 e. The SMILES string of the molecule is CC(Nc1nccs1)c1ccc2c(c1)CCCC2. The molecule has 3 rings (SSSR count). The molecule has 2 nitrogen and oxygen atoms in total. The molecule has 1 aromatic carbocycles. The molecule has 1 aromatic heterocycles. The minimum absolute atomic E-state index is 0.323. The Morgan fingerprint density at radius 1 is 1.22 bits per heavy atom. The topological polar surface area (TPSA) is 24.9 Å². The molecule has 1 aliphatic carbocycles. The molecule has 0 fully saturated rings. The zero-order valence-electron chi connectivity index (χ0n) is 10.6. The van der Waals surface area contributed by atoms with Crippen molar-refractivity contribution in [2.24, 2.45) is 0 Å². The van der Waals surface area contributed by atoms with E-state index < -0.39 is 0 Å². The second-order valence-electron chi connectivity index (χ2n) is 4.94. The van der Waals surface area contributed by atoms with Crippen molar-refractivity contribution in [1.82, 2.24) is 4.98 Å². The van der Waals surface area contributed by atoms with Gasteiger partial charge in [0.25, 0.3) is 0 Å². The number of aromatic nitrogens is 1. The highest BCUT2D eigenvalue weighted by Crippen LogP contribution is 2.26. The van der Waals surface area contributed by atoms with Gasteiger partial charge in [0.2, 0.25) is 0 Å². The Morgan fingerprint density at radius 3 is 2.83 bits per heavy atom. The molecule has 0 radical (unpaired) electrons. The molecular weight excluding hydrogens is 240 g/mol. The van der Waals surface area contributed by atoms with Crippen LogP contribution in [-0.2, 0) is 12.8 Å². The Hall–Kier alpha value is -1.35. The maximum absolute atomic E-state index is 4.28. The van der Waals surface area contributed by atoms with Gasteiger partial charge in [-0.3, -0.25) is 0 Å². The third kappa shape index (κ3) is 2.41. The molecule has 0 amide bonds. The van der Waals surface area contributed by atoms with Crippen molar-refractivity contribution in [3.05, 3.63) is 46.5 Å². The van der Waals surface area contributed by atoms with Crippen molar-refractivity contribution >= 4 is 16.5 Å².